The van der Waals surface area contributed by atoms with Crippen LogP contribution in [0.5, 0.6) is 5.75 Å². The maximum Gasteiger partial charge on any atom is 0.170 e. The molecule has 20 heavy (non-hydrogen) atoms. The summed E-state index contributed by atoms with van der Waals surface area (Å²) in [6.07, 6.45) is 3.53. The molecule has 7 heteroatoms. The van der Waals surface area contributed by atoms with Crippen molar-refractivity contribution in [1.82, 2.24) is 9.55 Å². The van der Waals surface area contributed by atoms with Gasteiger partial charge in [0.25, 0.3) is 0 Å². The van der Waals surface area contributed by atoms with Gasteiger partial charge in [0.05, 0.1) is 6.54 Å². The Morgan fingerprint density at radius 2 is 2.35 bits per heavy atom. The number of nitrogens with two attached hydrogens (primary N) is 1. The van der Waals surface area contributed by atoms with E-state index in [-0.39, 0.29) is 11.6 Å². The van der Waals surface area contributed by atoms with Crippen molar-refractivity contribution in [3.05, 3.63) is 47.8 Å². The number of amidine groups is 1. The minimum Gasteiger partial charge on any atom is -0.489 e. The molecule has 0 atom stereocenters. The average Bonchev–Trinajstić information content (AvgIpc) is 2.85. The van der Waals surface area contributed by atoms with Gasteiger partial charge in [0.2, 0.25) is 0 Å². The maximum absolute atomic E-state index is 13.8. The topological polar surface area (TPSA) is 85.7 Å². The number of benzene rings is 1. The zero-order valence-electron chi connectivity index (χ0n) is 11.0. The summed E-state index contributed by atoms with van der Waals surface area (Å²) in [6, 6.07) is 4.13. The van der Waals surface area contributed by atoms with Gasteiger partial charge in [0, 0.05) is 18.0 Å². The van der Waals surface area contributed by atoms with E-state index in [4.69, 9.17) is 15.7 Å². The Bertz CT molecular complexity index is 625. The van der Waals surface area contributed by atoms with Crippen LogP contribution in [0.3, 0.4) is 0 Å². The number of halogens is 1. The number of ether oxygens (including phenoxy) is 1. The lowest BCUT2D eigenvalue weighted by molar-refractivity contribution is 0.283. The fourth-order valence-electron chi connectivity index (χ4n) is 1.73. The normalized spacial score (nSPS) is 11.6. The van der Waals surface area contributed by atoms with Gasteiger partial charge in [-0.25, -0.2) is 9.37 Å². The van der Waals surface area contributed by atoms with E-state index in [9.17, 15) is 4.39 Å². The molecular formula is C13H15FN4O2. The van der Waals surface area contributed by atoms with Gasteiger partial charge in [-0.3, -0.25) is 0 Å². The van der Waals surface area contributed by atoms with Crippen molar-refractivity contribution >= 4 is 5.84 Å². The Hall–Kier alpha value is -2.57. The molecule has 3 N–H and O–H groups in total. The lowest BCUT2D eigenvalue weighted by atomic mass is 10.2. The van der Waals surface area contributed by atoms with Gasteiger partial charge in [0.15, 0.2) is 17.4 Å². The summed E-state index contributed by atoms with van der Waals surface area (Å²) < 4.78 is 21.0. The molecule has 0 saturated carbocycles. The van der Waals surface area contributed by atoms with E-state index < -0.39 is 5.82 Å². The van der Waals surface area contributed by atoms with Gasteiger partial charge in [-0.2, -0.15) is 0 Å². The van der Waals surface area contributed by atoms with Crippen LogP contribution in [0.4, 0.5) is 4.39 Å². The summed E-state index contributed by atoms with van der Waals surface area (Å²) in [5.41, 5.74) is 5.67. The third-order valence-corrected chi connectivity index (χ3v) is 2.85. The Morgan fingerprint density at radius 3 is 2.95 bits per heavy atom. The summed E-state index contributed by atoms with van der Waals surface area (Å²) in [7, 11) is 0. The van der Waals surface area contributed by atoms with Crippen molar-refractivity contribution in [2.24, 2.45) is 10.9 Å². The molecule has 0 amide bonds. The van der Waals surface area contributed by atoms with Gasteiger partial charge in [0.1, 0.15) is 12.4 Å². The molecule has 0 aliphatic heterocycles. The van der Waals surface area contributed by atoms with Gasteiger partial charge in [-0.1, -0.05) is 5.16 Å². The molecule has 0 saturated heterocycles. The van der Waals surface area contributed by atoms with Crippen LogP contribution >= 0.6 is 0 Å². The van der Waals surface area contributed by atoms with E-state index in [2.05, 4.69) is 10.1 Å². The van der Waals surface area contributed by atoms with Crippen molar-refractivity contribution in [3.8, 4) is 5.75 Å². The van der Waals surface area contributed by atoms with Crippen LogP contribution in [0.2, 0.25) is 0 Å². The van der Waals surface area contributed by atoms with E-state index in [1.54, 1.807) is 6.20 Å². The predicted molar refractivity (Wildman–Crippen MR) is 71.4 cm³/mol. The molecule has 106 valence electrons. The highest BCUT2D eigenvalue weighted by atomic mass is 19.1. The fraction of sp³-hybridized carbons (Fsp3) is 0.231. The molecule has 0 aliphatic rings. The number of hydrogen-bond donors (Lipinski definition) is 2. The van der Waals surface area contributed by atoms with Gasteiger partial charge in [-0.05, 0) is 25.1 Å². The Kier molecular flexibility index (Phi) is 4.19. The highest BCUT2D eigenvalue weighted by Gasteiger charge is 2.07. The third kappa shape index (κ3) is 3.05. The van der Waals surface area contributed by atoms with Crippen LogP contribution in [0.1, 0.15) is 11.4 Å². The molecule has 0 bridgehead atoms. The van der Waals surface area contributed by atoms with Gasteiger partial charge in [-0.15, -0.1) is 0 Å². The molecule has 0 unspecified atom stereocenters. The largest absolute Gasteiger partial charge is 0.489 e. The van der Waals surface area contributed by atoms with Crippen molar-refractivity contribution < 1.29 is 14.3 Å². The number of imidazole rings is 1. The number of aryl methyl sites for hydroxylation is 1. The second-order valence-corrected chi connectivity index (χ2v) is 4.15. The molecule has 0 spiro atoms. The number of hydrogen-bond acceptors (Lipinski definition) is 4. The first-order valence-corrected chi connectivity index (χ1v) is 6.00. The lowest BCUT2D eigenvalue weighted by Crippen LogP contribution is -2.14. The molecule has 1 aromatic heterocycles. The first-order valence-electron chi connectivity index (χ1n) is 6.00. The third-order valence-electron chi connectivity index (χ3n) is 2.85. The summed E-state index contributed by atoms with van der Waals surface area (Å²) in [4.78, 5) is 4.08. The smallest absolute Gasteiger partial charge is 0.170 e. The summed E-state index contributed by atoms with van der Waals surface area (Å²) in [5.74, 6) is 0.287. The minimum atomic E-state index is -0.559. The second kappa shape index (κ2) is 6.05. The Morgan fingerprint density at radius 1 is 1.55 bits per heavy atom. The Balaban J connectivity index is 1.98. The molecule has 0 fully saturated rings. The van der Waals surface area contributed by atoms with E-state index in [1.165, 1.54) is 12.1 Å². The maximum atomic E-state index is 13.8. The van der Waals surface area contributed by atoms with Gasteiger partial charge < -0.3 is 20.2 Å². The lowest BCUT2D eigenvalue weighted by Gasteiger charge is -2.09. The molecule has 2 aromatic rings. The van der Waals surface area contributed by atoms with Gasteiger partial charge >= 0.3 is 0 Å². The van der Waals surface area contributed by atoms with Crippen molar-refractivity contribution in [1.29, 1.82) is 0 Å². The van der Waals surface area contributed by atoms with Crippen LogP contribution in [-0.4, -0.2) is 27.2 Å². The molecule has 6 nitrogen and oxygen atoms in total. The fourth-order valence-corrected chi connectivity index (χ4v) is 1.73. The standard InChI is InChI=1S/C13H15FN4O2/c1-9-16-4-5-18(9)6-7-20-12-3-2-10(8-11(12)14)13(15)17-19/h2-5,8,19H,6-7H2,1H3,(H2,15,17). The van der Waals surface area contributed by atoms with Crippen LogP contribution in [-0.2, 0) is 6.54 Å². The summed E-state index contributed by atoms with van der Waals surface area (Å²) in [6.45, 7) is 2.77. The second-order valence-electron chi connectivity index (χ2n) is 4.15. The highest BCUT2D eigenvalue weighted by Crippen LogP contribution is 2.18. The van der Waals surface area contributed by atoms with Crippen molar-refractivity contribution in [2.45, 2.75) is 13.5 Å². The number of nitrogens with zero attached hydrogens (tertiary/aromatic N) is 3. The highest BCUT2D eigenvalue weighted by molar-refractivity contribution is 5.97. The molecule has 0 radical (unpaired) electrons. The van der Waals surface area contributed by atoms with E-state index in [0.717, 1.165) is 11.9 Å². The van der Waals surface area contributed by atoms with E-state index >= 15 is 0 Å². The zero-order chi connectivity index (χ0) is 14.5. The monoisotopic (exact) mass is 278 g/mol. The summed E-state index contributed by atoms with van der Waals surface area (Å²) >= 11 is 0. The molecule has 2 rings (SSSR count). The zero-order valence-corrected chi connectivity index (χ0v) is 11.0. The van der Waals surface area contributed by atoms with Crippen molar-refractivity contribution in [2.75, 3.05) is 6.61 Å². The van der Waals surface area contributed by atoms with Crippen LogP contribution in [0, 0.1) is 12.7 Å². The first kappa shape index (κ1) is 13.9. The molecule has 1 heterocycles. The van der Waals surface area contributed by atoms with Crippen LogP contribution < -0.4 is 10.5 Å². The average molecular weight is 278 g/mol. The quantitative estimate of drug-likeness (QED) is 0.375. The van der Waals surface area contributed by atoms with Crippen molar-refractivity contribution in [3.63, 3.8) is 0 Å². The molecule has 1 aromatic carbocycles. The number of oxime groups is 1. The predicted octanol–water partition coefficient (Wildman–Crippen LogP) is 1.50. The van der Waals surface area contributed by atoms with E-state index in [0.29, 0.717) is 18.7 Å². The first-order chi connectivity index (χ1) is 9.61. The minimum absolute atomic E-state index is 0.122. The van der Waals surface area contributed by atoms with E-state index in [1.807, 2.05) is 17.7 Å². The van der Waals surface area contributed by atoms with Crippen LogP contribution in [0.15, 0.2) is 35.7 Å². The number of rotatable bonds is 5. The Labute approximate surface area is 115 Å². The SMILES string of the molecule is Cc1nccn1CCOc1ccc(/C(N)=N/O)cc1F. The van der Waals surface area contributed by atoms with Crippen LogP contribution in [0.25, 0.3) is 0 Å². The number of aromatic nitrogens is 2. The molecule has 0 aliphatic carbocycles. The molecular weight excluding hydrogens is 263 g/mol. The summed E-state index contributed by atoms with van der Waals surface area (Å²) in [5, 5.41) is 11.3.